The summed E-state index contributed by atoms with van der Waals surface area (Å²) in [6.07, 6.45) is 2.45. The Morgan fingerprint density at radius 3 is 2.00 bits per heavy atom. The van der Waals surface area contributed by atoms with E-state index in [1.54, 1.807) is 0 Å². The molecule has 1 aliphatic rings. The molecule has 1 aromatic carbocycles. The number of Topliss-reactive ketones (excluding diaryl/α,β-unsaturated/α-hetero) is 1. The van der Waals surface area contributed by atoms with Gasteiger partial charge in [-0.3, -0.25) is 4.79 Å². The first kappa shape index (κ1) is 13.3. The van der Waals surface area contributed by atoms with Crippen molar-refractivity contribution in [2.24, 2.45) is 5.92 Å². The molecule has 0 amide bonds. The van der Waals surface area contributed by atoms with Gasteiger partial charge in [-0.1, -0.05) is 24.3 Å². The van der Waals surface area contributed by atoms with Gasteiger partial charge in [-0.15, -0.1) is 0 Å². The number of ketones is 1. The van der Waals surface area contributed by atoms with Crippen LogP contribution in [0.15, 0.2) is 24.3 Å². The van der Waals surface area contributed by atoms with Crippen molar-refractivity contribution >= 4 is 15.6 Å². The molecule has 0 bridgehead atoms. The van der Waals surface area contributed by atoms with Crippen LogP contribution in [0.3, 0.4) is 0 Å². The number of sulfone groups is 1. The second kappa shape index (κ2) is 4.19. The van der Waals surface area contributed by atoms with Gasteiger partial charge in [0.2, 0.25) is 0 Å². The topological polar surface area (TPSA) is 51.2 Å². The summed E-state index contributed by atoms with van der Waals surface area (Å²) in [6.45, 7) is 3.02. The van der Waals surface area contributed by atoms with Crippen molar-refractivity contribution in [2.45, 2.75) is 31.4 Å². The SMILES string of the molecule is CC(C)(C(=O)C1Cc2ccccc2C1)S(C)(=O)=O. The summed E-state index contributed by atoms with van der Waals surface area (Å²) in [7, 11) is -3.38. The van der Waals surface area contributed by atoms with Crippen molar-refractivity contribution in [3.8, 4) is 0 Å². The van der Waals surface area contributed by atoms with Gasteiger partial charge < -0.3 is 0 Å². The van der Waals surface area contributed by atoms with Crippen molar-refractivity contribution in [3.63, 3.8) is 0 Å². The molecule has 1 aliphatic carbocycles. The highest BCUT2D eigenvalue weighted by molar-refractivity contribution is 7.92. The average Bonchev–Trinajstić information content (AvgIpc) is 2.69. The first-order chi connectivity index (χ1) is 8.23. The van der Waals surface area contributed by atoms with Crippen LogP contribution in [0.25, 0.3) is 0 Å². The zero-order valence-electron chi connectivity index (χ0n) is 10.9. The van der Waals surface area contributed by atoms with Crippen LogP contribution >= 0.6 is 0 Å². The van der Waals surface area contributed by atoms with Gasteiger partial charge in [-0.05, 0) is 37.8 Å². The van der Waals surface area contributed by atoms with Crippen LogP contribution < -0.4 is 0 Å². The van der Waals surface area contributed by atoms with Crippen LogP contribution in [-0.2, 0) is 27.5 Å². The molecule has 0 radical (unpaired) electrons. The van der Waals surface area contributed by atoms with E-state index in [4.69, 9.17) is 0 Å². The third-order valence-electron chi connectivity index (χ3n) is 3.94. The Hall–Kier alpha value is -1.16. The lowest BCUT2D eigenvalue weighted by Gasteiger charge is -2.24. The Balaban J connectivity index is 2.25. The number of carbonyl (C=O) groups is 1. The van der Waals surface area contributed by atoms with Gasteiger partial charge in [0.05, 0.1) is 0 Å². The fourth-order valence-electron chi connectivity index (χ4n) is 2.42. The summed E-state index contributed by atoms with van der Waals surface area (Å²) >= 11 is 0. The highest BCUT2D eigenvalue weighted by atomic mass is 32.2. The minimum Gasteiger partial charge on any atom is -0.298 e. The van der Waals surface area contributed by atoms with Crippen LogP contribution in [0.1, 0.15) is 25.0 Å². The van der Waals surface area contributed by atoms with E-state index >= 15 is 0 Å². The smallest absolute Gasteiger partial charge is 0.159 e. The molecular formula is C14H18O3S. The molecule has 0 saturated carbocycles. The molecule has 0 fully saturated rings. The van der Waals surface area contributed by atoms with Gasteiger partial charge in [-0.25, -0.2) is 8.42 Å². The van der Waals surface area contributed by atoms with Crippen molar-refractivity contribution < 1.29 is 13.2 Å². The number of hydrogen-bond acceptors (Lipinski definition) is 3. The van der Waals surface area contributed by atoms with E-state index in [2.05, 4.69) is 0 Å². The van der Waals surface area contributed by atoms with Gasteiger partial charge in [0.15, 0.2) is 15.6 Å². The molecule has 0 unspecified atom stereocenters. The van der Waals surface area contributed by atoms with Gasteiger partial charge in [-0.2, -0.15) is 0 Å². The lowest BCUT2D eigenvalue weighted by molar-refractivity contribution is -0.124. The Labute approximate surface area is 108 Å². The van der Waals surface area contributed by atoms with E-state index < -0.39 is 14.6 Å². The zero-order chi connectivity index (χ0) is 13.6. The second-order valence-electron chi connectivity index (χ2n) is 5.52. The highest BCUT2D eigenvalue weighted by Gasteiger charge is 2.43. The zero-order valence-corrected chi connectivity index (χ0v) is 11.8. The molecule has 0 aliphatic heterocycles. The van der Waals surface area contributed by atoms with E-state index in [0.717, 1.165) is 6.26 Å². The van der Waals surface area contributed by atoms with Crippen LogP contribution in [0.4, 0.5) is 0 Å². The Morgan fingerprint density at radius 2 is 1.61 bits per heavy atom. The lowest BCUT2D eigenvalue weighted by Crippen LogP contribution is -2.44. The minimum atomic E-state index is -3.38. The predicted molar refractivity (Wildman–Crippen MR) is 71.3 cm³/mol. The maximum absolute atomic E-state index is 12.4. The molecule has 3 nitrogen and oxygen atoms in total. The highest BCUT2D eigenvalue weighted by Crippen LogP contribution is 2.32. The monoisotopic (exact) mass is 266 g/mol. The average molecular weight is 266 g/mol. The van der Waals surface area contributed by atoms with Crippen molar-refractivity contribution in [1.29, 1.82) is 0 Å². The van der Waals surface area contributed by atoms with Gasteiger partial charge in [0.25, 0.3) is 0 Å². The molecule has 0 spiro atoms. The molecule has 4 heteroatoms. The normalized spacial score (nSPS) is 16.6. The summed E-state index contributed by atoms with van der Waals surface area (Å²) in [6, 6.07) is 7.92. The van der Waals surface area contributed by atoms with Crippen LogP contribution in [0.5, 0.6) is 0 Å². The van der Waals surface area contributed by atoms with Gasteiger partial charge >= 0.3 is 0 Å². The van der Waals surface area contributed by atoms with E-state index in [9.17, 15) is 13.2 Å². The Morgan fingerprint density at radius 1 is 1.17 bits per heavy atom. The quantitative estimate of drug-likeness (QED) is 0.838. The van der Waals surface area contributed by atoms with Crippen molar-refractivity contribution in [2.75, 3.05) is 6.26 Å². The van der Waals surface area contributed by atoms with Crippen LogP contribution in [0, 0.1) is 5.92 Å². The fraction of sp³-hybridized carbons (Fsp3) is 0.500. The number of hydrogen-bond donors (Lipinski definition) is 0. The maximum Gasteiger partial charge on any atom is 0.159 e. The molecule has 18 heavy (non-hydrogen) atoms. The van der Waals surface area contributed by atoms with Crippen LogP contribution in [-0.4, -0.2) is 25.2 Å². The number of fused-ring (bicyclic) bond motifs is 1. The first-order valence-corrected chi connectivity index (χ1v) is 7.93. The summed E-state index contributed by atoms with van der Waals surface area (Å²) in [5.41, 5.74) is 2.33. The maximum atomic E-state index is 12.4. The van der Waals surface area contributed by atoms with Crippen LogP contribution in [0.2, 0.25) is 0 Å². The van der Waals surface area contributed by atoms with Gasteiger partial charge in [0.1, 0.15) is 4.75 Å². The van der Waals surface area contributed by atoms with E-state index in [1.807, 2.05) is 24.3 Å². The lowest BCUT2D eigenvalue weighted by atomic mass is 9.92. The molecule has 98 valence electrons. The summed E-state index contributed by atoms with van der Waals surface area (Å²) in [4.78, 5) is 12.4. The van der Waals surface area contributed by atoms with Gasteiger partial charge in [0, 0.05) is 12.2 Å². The summed E-state index contributed by atoms with van der Waals surface area (Å²) in [5.74, 6) is -0.367. The largest absolute Gasteiger partial charge is 0.298 e. The minimum absolute atomic E-state index is 0.166. The number of carbonyl (C=O) groups excluding carboxylic acids is 1. The molecular weight excluding hydrogens is 248 g/mol. The predicted octanol–water partition coefficient (Wildman–Crippen LogP) is 1.79. The molecule has 1 aromatic rings. The molecule has 0 saturated heterocycles. The molecule has 0 heterocycles. The number of benzene rings is 1. The third kappa shape index (κ3) is 2.09. The van der Waals surface area contributed by atoms with E-state index in [1.165, 1.54) is 25.0 Å². The number of rotatable bonds is 3. The molecule has 2 rings (SSSR count). The van der Waals surface area contributed by atoms with Crippen molar-refractivity contribution in [1.82, 2.24) is 0 Å². The second-order valence-corrected chi connectivity index (χ2v) is 8.09. The fourth-order valence-corrected chi connectivity index (χ4v) is 2.95. The summed E-state index contributed by atoms with van der Waals surface area (Å²) < 4.78 is 22.1. The van der Waals surface area contributed by atoms with E-state index in [-0.39, 0.29) is 11.7 Å². The van der Waals surface area contributed by atoms with E-state index in [0.29, 0.717) is 12.8 Å². The first-order valence-electron chi connectivity index (χ1n) is 6.04. The van der Waals surface area contributed by atoms with Crippen molar-refractivity contribution in [3.05, 3.63) is 35.4 Å². The third-order valence-corrected chi connectivity index (χ3v) is 6.00. The molecule has 0 atom stereocenters. The Bertz CT molecular complexity index is 560. The Kier molecular flexibility index (Phi) is 3.09. The molecule has 0 N–H and O–H groups in total. The summed E-state index contributed by atoms with van der Waals surface area (Å²) in [5, 5.41) is 0. The molecule has 0 aromatic heterocycles. The standard InChI is InChI=1S/C14H18O3S/c1-14(2,18(3,16)17)13(15)12-8-10-6-4-5-7-11(10)9-12/h4-7,12H,8-9H2,1-3H3.